The van der Waals surface area contributed by atoms with Crippen molar-refractivity contribution in [2.45, 2.75) is 25.4 Å². The Morgan fingerprint density at radius 3 is 2.67 bits per heavy atom. The first-order chi connectivity index (χ1) is 11.6. The summed E-state index contributed by atoms with van der Waals surface area (Å²) in [5, 5.41) is 3.27. The van der Waals surface area contributed by atoms with Crippen molar-refractivity contribution in [2.75, 3.05) is 14.2 Å². The molecule has 1 aliphatic heterocycles. The molecular formula is C19H23N3O2. The quantitative estimate of drug-likeness (QED) is 0.906. The summed E-state index contributed by atoms with van der Waals surface area (Å²) >= 11 is 0. The highest BCUT2D eigenvalue weighted by molar-refractivity contribution is 5.79. The van der Waals surface area contributed by atoms with E-state index < -0.39 is 0 Å². The van der Waals surface area contributed by atoms with Crippen LogP contribution in [0.25, 0.3) is 0 Å². The second-order valence-corrected chi connectivity index (χ2v) is 5.98. The van der Waals surface area contributed by atoms with E-state index in [1.807, 2.05) is 18.2 Å². The lowest BCUT2D eigenvalue weighted by molar-refractivity contribution is 0.381. The molecule has 0 aromatic heterocycles. The van der Waals surface area contributed by atoms with E-state index in [1.165, 1.54) is 11.1 Å². The number of methoxy groups -OCH3 is 2. The third-order valence-electron chi connectivity index (χ3n) is 4.32. The summed E-state index contributed by atoms with van der Waals surface area (Å²) in [7, 11) is 3.31. The first-order valence-corrected chi connectivity index (χ1v) is 7.99. The fourth-order valence-electron chi connectivity index (χ4n) is 3.12. The highest BCUT2D eigenvalue weighted by atomic mass is 16.5. The molecule has 0 bridgehead atoms. The zero-order chi connectivity index (χ0) is 17.1. The number of hydrogen-bond acceptors (Lipinski definition) is 5. The van der Waals surface area contributed by atoms with Crippen LogP contribution in [0.4, 0.5) is 0 Å². The molecule has 0 amide bonds. The van der Waals surface area contributed by atoms with Gasteiger partial charge in [-0.05, 0) is 31.0 Å². The van der Waals surface area contributed by atoms with E-state index in [4.69, 9.17) is 15.2 Å². The average molecular weight is 325 g/mol. The molecule has 3 rings (SSSR count). The third-order valence-corrected chi connectivity index (χ3v) is 4.32. The van der Waals surface area contributed by atoms with Gasteiger partial charge in [0.1, 0.15) is 11.5 Å². The number of nitrogens with zero attached hydrogens (tertiary/aromatic N) is 1. The van der Waals surface area contributed by atoms with Gasteiger partial charge in [0.15, 0.2) is 5.96 Å². The average Bonchev–Trinajstić information content (AvgIpc) is 2.60. The van der Waals surface area contributed by atoms with Crippen LogP contribution in [0.2, 0.25) is 0 Å². The second kappa shape index (κ2) is 6.83. The van der Waals surface area contributed by atoms with Crippen LogP contribution in [0.15, 0.2) is 47.5 Å². The van der Waals surface area contributed by atoms with Gasteiger partial charge in [-0.1, -0.05) is 29.8 Å². The van der Waals surface area contributed by atoms with Crippen LogP contribution in [0.3, 0.4) is 0 Å². The number of aliphatic imine (C=N–C) groups is 1. The number of guanidine groups is 1. The van der Waals surface area contributed by atoms with Gasteiger partial charge in [0.25, 0.3) is 0 Å². The molecule has 0 saturated heterocycles. The number of nitrogens with one attached hydrogen (secondary N) is 1. The number of rotatable bonds is 4. The summed E-state index contributed by atoms with van der Waals surface area (Å²) in [4.78, 5) is 4.58. The lowest BCUT2D eigenvalue weighted by Gasteiger charge is -2.30. The first kappa shape index (κ1) is 16.2. The van der Waals surface area contributed by atoms with Gasteiger partial charge < -0.3 is 20.5 Å². The van der Waals surface area contributed by atoms with Crippen LogP contribution < -0.4 is 20.5 Å². The maximum Gasteiger partial charge on any atom is 0.189 e. The Bertz CT molecular complexity index is 758. The first-order valence-electron chi connectivity index (χ1n) is 7.99. The van der Waals surface area contributed by atoms with Gasteiger partial charge in [-0.15, -0.1) is 0 Å². The topological polar surface area (TPSA) is 68.9 Å². The zero-order valence-corrected chi connectivity index (χ0v) is 14.2. The molecule has 5 heteroatoms. The summed E-state index contributed by atoms with van der Waals surface area (Å²) in [6.45, 7) is 2.08. The van der Waals surface area contributed by atoms with E-state index >= 15 is 0 Å². The predicted octanol–water partition coefficient (Wildman–Crippen LogP) is 3.10. The predicted molar refractivity (Wildman–Crippen MR) is 95.6 cm³/mol. The molecule has 2 aromatic rings. The van der Waals surface area contributed by atoms with Crippen molar-refractivity contribution in [3.05, 3.63) is 59.2 Å². The molecule has 0 radical (unpaired) electrons. The number of nitrogens with two attached hydrogens (primary N) is 1. The summed E-state index contributed by atoms with van der Waals surface area (Å²) in [6, 6.07) is 14.3. The maximum atomic E-state index is 6.05. The van der Waals surface area contributed by atoms with Crippen LogP contribution >= 0.6 is 0 Å². The molecule has 5 nitrogen and oxygen atoms in total. The van der Waals surface area contributed by atoms with Gasteiger partial charge >= 0.3 is 0 Å². The summed E-state index contributed by atoms with van der Waals surface area (Å²) in [6.07, 6.45) is 0.812. The van der Waals surface area contributed by atoms with Crippen LogP contribution in [-0.4, -0.2) is 20.2 Å². The molecule has 0 spiro atoms. The Hall–Kier alpha value is -2.69. The molecule has 2 atom stereocenters. The fraction of sp³-hybridized carbons (Fsp3) is 0.316. The van der Waals surface area contributed by atoms with Crippen LogP contribution in [-0.2, 0) is 0 Å². The molecule has 1 heterocycles. The third kappa shape index (κ3) is 3.30. The largest absolute Gasteiger partial charge is 0.497 e. The molecule has 0 fully saturated rings. The number of hydrogen-bond donors (Lipinski definition) is 2. The summed E-state index contributed by atoms with van der Waals surface area (Å²) in [5.74, 6) is 2.00. The Labute approximate surface area is 142 Å². The lowest BCUT2D eigenvalue weighted by Crippen LogP contribution is -2.39. The molecule has 2 unspecified atom stereocenters. The van der Waals surface area contributed by atoms with E-state index in [1.54, 1.807) is 14.2 Å². The molecule has 2 aromatic carbocycles. The SMILES string of the molecule is COc1ccc(C2CC(c3cccc(C)c3)N=C(N)N2)c(OC)c1. The zero-order valence-electron chi connectivity index (χ0n) is 14.2. The van der Waals surface area contributed by atoms with Crippen molar-refractivity contribution in [2.24, 2.45) is 10.7 Å². The number of benzene rings is 2. The van der Waals surface area contributed by atoms with Gasteiger partial charge in [-0.2, -0.15) is 0 Å². The van der Waals surface area contributed by atoms with Crippen LogP contribution in [0.5, 0.6) is 11.5 Å². The Morgan fingerprint density at radius 2 is 1.96 bits per heavy atom. The maximum absolute atomic E-state index is 6.05. The van der Waals surface area contributed by atoms with E-state index in [9.17, 15) is 0 Å². The molecule has 0 aliphatic carbocycles. The van der Waals surface area contributed by atoms with Crippen molar-refractivity contribution in [1.82, 2.24) is 5.32 Å². The molecular weight excluding hydrogens is 302 g/mol. The number of aryl methyl sites for hydroxylation is 1. The molecule has 24 heavy (non-hydrogen) atoms. The Balaban J connectivity index is 1.92. The van der Waals surface area contributed by atoms with Crippen molar-refractivity contribution in [1.29, 1.82) is 0 Å². The highest BCUT2D eigenvalue weighted by Crippen LogP contribution is 2.37. The van der Waals surface area contributed by atoms with E-state index in [-0.39, 0.29) is 12.1 Å². The molecule has 1 aliphatic rings. The molecule has 0 saturated carbocycles. The van der Waals surface area contributed by atoms with Crippen molar-refractivity contribution in [3.63, 3.8) is 0 Å². The normalized spacial score (nSPS) is 20.0. The summed E-state index contributed by atoms with van der Waals surface area (Å²) in [5.41, 5.74) is 9.50. The van der Waals surface area contributed by atoms with Gasteiger partial charge in [0.05, 0.1) is 26.3 Å². The highest BCUT2D eigenvalue weighted by Gasteiger charge is 2.26. The van der Waals surface area contributed by atoms with E-state index in [2.05, 4.69) is 41.5 Å². The minimum Gasteiger partial charge on any atom is -0.497 e. The Morgan fingerprint density at radius 1 is 1.12 bits per heavy atom. The van der Waals surface area contributed by atoms with E-state index in [0.717, 1.165) is 23.5 Å². The molecule has 126 valence electrons. The lowest BCUT2D eigenvalue weighted by atomic mass is 9.92. The van der Waals surface area contributed by atoms with Gasteiger partial charge in [0, 0.05) is 11.6 Å². The van der Waals surface area contributed by atoms with Crippen LogP contribution in [0.1, 0.15) is 35.2 Å². The van der Waals surface area contributed by atoms with E-state index in [0.29, 0.717) is 5.96 Å². The standard InChI is InChI=1S/C19H23N3O2/c1-12-5-4-6-13(9-12)16-11-17(22-19(20)21-16)15-8-7-14(23-2)10-18(15)24-3/h4-10,16-17H,11H2,1-3H3,(H3,20,21,22). The smallest absolute Gasteiger partial charge is 0.189 e. The second-order valence-electron chi connectivity index (χ2n) is 5.98. The fourth-order valence-corrected chi connectivity index (χ4v) is 3.12. The molecule has 3 N–H and O–H groups in total. The van der Waals surface area contributed by atoms with Crippen molar-refractivity contribution in [3.8, 4) is 11.5 Å². The monoisotopic (exact) mass is 325 g/mol. The van der Waals surface area contributed by atoms with Gasteiger partial charge in [0.2, 0.25) is 0 Å². The summed E-state index contributed by atoms with van der Waals surface area (Å²) < 4.78 is 10.8. The minimum atomic E-state index is 0.0305. The Kier molecular flexibility index (Phi) is 4.60. The van der Waals surface area contributed by atoms with Crippen molar-refractivity contribution < 1.29 is 9.47 Å². The number of ether oxygens (including phenoxy) is 2. The van der Waals surface area contributed by atoms with Gasteiger partial charge in [-0.25, -0.2) is 4.99 Å². The minimum absolute atomic E-state index is 0.0305. The van der Waals surface area contributed by atoms with Gasteiger partial charge in [-0.3, -0.25) is 0 Å². The van der Waals surface area contributed by atoms with Crippen LogP contribution in [0, 0.1) is 6.92 Å². The van der Waals surface area contributed by atoms with Crippen molar-refractivity contribution >= 4 is 5.96 Å².